The number of rotatable bonds is 6. The fourth-order valence-electron chi connectivity index (χ4n) is 1.17. The molecule has 0 heterocycles. The average molecular weight is 210 g/mol. The lowest BCUT2D eigenvalue weighted by atomic mass is 10.3. The van der Waals surface area contributed by atoms with E-state index < -0.39 is 10.1 Å². The van der Waals surface area contributed by atoms with Crippen LogP contribution in [-0.2, 0) is 10.1 Å². The molecule has 1 N–H and O–H groups in total. The van der Waals surface area contributed by atoms with Crippen LogP contribution in [0.4, 0.5) is 0 Å². The van der Waals surface area contributed by atoms with Crippen LogP contribution in [0.2, 0.25) is 0 Å². The van der Waals surface area contributed by atoms with E-state index >= 15 is 0 Å². The Balaban J connectivity index is 3.88. The van der Waals surface area contributed by atoms with E-state index in [1.807, 2.05) is 0 Å². The van der Waals surface area contributed by atoms with E-state index in [0.29, 0.717) is 6.42 Å². The maximum absolute atomic E-state index is 10.4. The first-order chi connectivity index (χ1) is 5.83. The van der Waals surface area contributed by atoms with Crippen LogP contribution >= 0.6 is 0 Å². The molecular weight excluding hydrogens is 190 g/mol. The minimum absolute atomic E-state index is 0.124. The summed E-state index contributed by atoms with van der Waals surface area (Å²) in [5, 5.41) is 0. The molecule has 0 spiro atoms. The van der Waals surface area contributed by atoms with Crippen molar-refractivity contribution in [1.29, 1.82) is 0 Å². The van der Waals surface area contributed by atoms with Crippen molar-refractivity contribution >= 4 is 10.1 Å². The first-order valence-electron chi connectivity index (χ1n) is 4.61. The third kappa shape index (κ3) is 6.01. The van der Waals surface area contributed by atoms with Gasteiger partial charge in [-0.05, 0) is 13.8 Å². The van der Waals surface area contributed by atoms with Gasteiger partial charge in [0.15, 0.2) is 0 Å². The smallest absolute Gasteiger partial charge is 0.265 e. The molecule has 5 heteroatoms. The predicted octanol–water partition coefficient (Wildman–Crippen LogP) is 0.751. The fourth-order valence-corrected chi connectivity index (χ4v) is 1.66. The number of hydrogen-bond acceptors (Lipinski definition) is 2. The summed E-state index contributed by atoms with van der Waals surface area (Å²) in [5.74, 6) is -0.124. The molecule has 0 aliphatic carbocycles. The summed E-state index contributed by atoms with van der Waals surface area (Å²) in [6.07, 6.45) is 0.525. The molecule has 0 bridgehead atoms. The van der Waals surface area contributed by atoms with E-state index in [1.165, 1.54) is 0 Å². The topological polar surface area (TPSA) is 54.4 Å². The van der Waals surface area contributed by atoms with Crippen LogP contribution < -0.4 is 0 Å². The number of hydrogen-bond donors (Lipinski definition) is 1. The summed E-state index contributed by atoms with van der Waals surface area (Å²) < 4.78 is 30.3. The molecule has 0 aromatic rings. The Morgan fingerprint density at radius 2 is 1.69 bits per heavy atom. The Hall–Kier alpha value is -0.130. The fraction of sp³-hybridized carbons (Fsp3) is 1.00. The van der Waals surface area contributed by atoms with Gasteiger partial charge in [0.05, 0.1) is 32.4 Å². The largest absolute Gasteiger partial charge is 0.326 e. The minimum Gasteiger partial charge on any atom is -0.326 e. The van der Waals surface area contributed by atoms with Gasteiger partial charge in [0, 0.05) is 6.42 Å². The summed E-state index contributed by atoms with van der Waals surface area (Å²) in [6.45, 7) is 6.94. The van der Waals surface area contributed by atoms with Crippen LogP contribution in [0.25, 0.3) is 0 Å². The minimum atomic E-state index is -3.77. The highest BCUT2D eigenvalue weighted by Crippen LogP contribution is 2.03. The van der Waals surface area contributed by atoms with Gasteiger partial charge in [0.1, 0.15) is 0 Å². The molecule has 0 amide bonds. The normalized spacial score (nSPS) is 13.2. The summed E-state index contributed by atoms with van der Waals surface area (Å²) in [7, 11) is -1.69. The van der Waals surface area contributed by atoms with Gasteiger partial charge >= 0.3 is 0 Å². The van der Waals surface area contributed by atoms with Crippen LogP contribution in [0.15, 0.2) is 0 Å². The van der Waals surface area contributed by atoms with Crippen molar-refractivity contribution in [2.75, 3.05) is 32.4 Å². The van der Waals surface area contributed by atoms with Crippen molar-refractivity contribution in [3.8, 4) is 0 Å². The molecule has 0 rings (SSSR count). The maximum Gasteiger partial charge on any atom is 0.265 e. The van der Waals surface area contributed by atoms with Gasteiger partial charge in [-0.15, -0.1) is 0 Å². The molecule has 80 valence electrons. The number of nitrogens with zero attached hydrogens (tertiary/aromatic N) is 1. The highest BCUT2D eigenvalue weighted by atomic mass is 32.2. The predicted molar refractivity (Wildman–Crippen MR) is 53.2 cm³/mol. The zero-order valence-electron chi connectivity index (χ0n) is 8.65. The highest BCUT2D eigenvalue weighted by molar-refractivity contribution is 7.85. The third-order valence-corrected chi connectivity index (χ3v) is 3.43. The Bertz CT molecular complexity index is 232. The Morgan fingerprint density at radius 3 is 2.00 bits per heavy atom. The van der Waals surface area contributed by atoms with Gasteiger partial charge in [-0.3, -0.25) is 4.55 Å². The van der Waals surface area contributed by atoms with Gasteiger partial charge in [-0.1, -0.05) is 0 Å². The summed E-state index contributed by atoms with van der Waals surface area (Å²) >= 11 is 0. The Labute approximate surface area is 80.9 Å². The van der Waals surface area contributed by atoms with Crippen LogP contribution in [-0.4, -0.2) is 49.9 Å². The van der Waals surface area contributed by atoms with Crippen LogP contribution in [0.3, 0.4) is 0 Å². The van der Waals surface area contributed by atoms with Crippen LogP contribution in [0.5, 0.6) is 0 Å². The van der Waals surface area contributed by atoms with E-state index in [9.17, 15) is 8.42 Å². The van der Waals surface area contributed by atoms with Gasteiger partial charge in [0.2, 0.25) is 0 Å². The first kappa shape index (κ1) is 12.9. The monoisotopic (exact) mass is 210 g/mol. The van der Waals surface area contributed by atoms with E-state index in [4.69, 9.17) is 4.55 Å². The van der Waals surface area contributed by atoms with Crippen molar-refractivity contribution in [2.45, 2.75) is 20.3 Å². The quantitative estimate of drug-likeness (QED) is 0.520. The molecule has 0 saturated carbocycles. The van der Waals surface area contributed by atoms with Gasteiger partial charge < -0.3 is 4.48 Å². The lowest BCUT2D eigenvalue weighted by molar-refractivity contribution is -0.906. The Kier molecular flexibility index (Phi) is 4.88. The molecule has 0 saturated heterocycles. The van der Waals surface area contributed by atoms with Crippen LogP contribution in [0, 0.1) is 0 Å². The second-order valence-corrected chi connectivity index (χ2v) is 5.19. The van der Waals surface area contributed by atoms with E-state index in [0.717, 1.165) is 24.1 Å². The highest BCUT2D eigenvalue weighted by Gasteiger charge is 2.17. The van der Waals surface area contributed by atoms with Crippen molar-refractivity contribution in [3.63, 3.8) is 0 Å². The lowest BCUT2D eigenvalue weighted by Gasteiger charge is -2.31. The molecular formula is C8H20NO3S+. The Morgan fingerprint density at radius 1 is 1.23 bits per heavy atom. The molecule has 0 aromatic heterocycles. The van der Waals surface area contributed by atoms with Crippen molar-refractivity contribution in [2.24, 2.45) is 0 Å². The molecule has 0 fully saturated rings. The molecule has 0 atom stereocenters. The molecule has 0 unspecified atom stereocenters. The van der Waals surface area contributed by atoms with Gasteiger partial charge in [0.25, 0.3) is 10.1 Å². The first-order valence-corrected chi connectivity index (χ1v) is 6.22. The van der Waals surface area contributed by atoms with Crippen molar-refractivity contribution in [1.82, 2.24) is 0 Å². The second-order valence-electron chi connectivity index (χ2n) is 3.62. The molecule has 0 radical (unpaired) electrons. The van der Waals surface area contributed by atoms with Gasteiger partial charge in [-0.25, -0.2) is 0 Å². The van der Waals surface area contributed by atoms with Crippen molar-refractivity contribution < 1.29 is 17.5 Å². The van der Waals surface area contributed by atoms with Gasteiger partial charge in [-0.2, -0.15) is 8.42 Å². The van der Waals surface area contributed by atoms with E-state index in [-0.39, 0.29) is 5.75 Å². The lowest BCUT2D eigenvalue weighted by Crippen LogP contribution is -2.44. The molecule has 0 aliphatic heterocycles. The van der Waals surface area contributed by atoms with Crippen LogP contribution in [0.1, 0.15) is 20.3 Å². The zero-order valence-corrected chi connectivity index (χ0v) is 9.47. The maximum atomic E-state index is 10.4. The van der Waals surface area contributed by atoms with E-state index in [2.05, 4.69) is 20.9 Å². The standard InChI is InChI=1S/C8H19NO3S/c1-4-9(3,5-2)7-6-8-13(10,11)12/h4-8H2,1-3H3/p+1. The second kappa shape index (κ2) is 4.93. The van der Waals surface area contributed by atoms with E-state index in [1.54, 1.807) is 0 Å². The SMILES string of the molecule is CC[N+](C)(CC)CCCS(=O)(=O)O. The summed E-state index contributed by atoms with van der Waals surface area (Å²) in [6, 6.07) is 0. The molecule has 4 nitrogen and oxygen atoms in total. The third-order valence-electron chi connectivity index (χ3n) is 2.63. The zero-order chi connectivity index (χ0) is 10.5. The molecule has 13 heavy (non-hydrogen) atoms. The number of quaternary nitrogens is 1. The summed E-state index contributed by atoms with van der Waals surface area (Å²) in [5.41, 5.74) is 0. The molecule has 0 aromatic carbocycles. The summed E-state index contributed by atoms with van der Waals surface area (Å²) in [4.78, 5) is 0. The average Bonchev–Trinajstić information content (AvgIpc) is 2.02. The molecule has 0 aliphatic rings. The van der Waals surface area contributed by atoms with Crippen molar-refractivity contribution in [3.05, 3.63) is 0 Å².